The summed E-state index contributed by atoms with van der Waals surface area (Å²) in [4.78, 5) is 0. The predicted molar refractivity (Wildman–Crippen MR) is 84.0 cm³/mol. The molecule has 3 nitrogen and oxygen atoms in total. The SMILES string of the molecule is CCCNC(CSc1nnc(SC)s1)C(C)(C)C. The van der Waals surface area contributed by atoms with Crippen molar-refractivity contribution in [2.24, 2.45) is 5.41 Å². The van der Waals surface area contributed by atoms with Crippen molar-refractivity contribution in [2.45, 2.75) is 48.8 Å². The van der Waals surface area contributed by atoms with Gasteiger partial charge < -0.3 is 5.32 Å². The number of hydrogen-bond donors (Lipinski definition) is 1. The fraction of sp³-hybridized carbons (Fsp3) is 0.833. The molecule has 104 valence electrons. The molecule has 0 spiro atoms. The largest absolute Gasteiger partial charge is 0.313 e. The second kappa shape index (κ2) is 7.72. The molecule has 1 unspecified atom stereocenters. The molecule has 1 N–H and O–H groups in total. The van der Waals surface area contributed by atoms with Crippen molar-refractivity contribution in [3.05, 3.63) is 0 Å². The Morgan fingerprint density at radius 3 is 2.44 bits per heavy atom. The molecule has 0 saturated heterocycles. The van der Waals surface area contributed by atoms with Gasteiger partial charge in [-0.25, -0.2) is 0 Å². The van der Waals surface area contributed by atoms with Crippen molar-refractivity contribution in [1.29, 1.82) is 0 Å². The fourth-order valence-electron chi connectivity index (χ4n) is 1.43. The zero-order valence-electron chi connectivity index (χ0n) is 11.8. The van der Waals surface area contributed by atoms with Gasteiger partial charge in [0.2, 0.25) is 0 Å². The highest BCUT2D eigenvalue weighted by Gasteiger charge is 2.24. The smallest absolute Gasteiger partial charge is 0.175 e. The Morgan fingerprint density at radius 2 is 1.94 bits per heavy atom. The van der Waals surface area contributed by atoms with E-state index in [1.54, 1.807) is 23.1 Å². The lowest BCUT2D eigenvalue weighted by molar-refractivity contribution is 0.292. The molecule has 18 heavy (non-hydrogen) atoms. The molecular formula is C12H23N3S3. The molecule has 1 rings (SSSR count). The van der Waals surface area contributed by atoms with E-state index >= 15 is 0 Å². The number of hydrogen-bond acceptors (Lipinski definition) is 6. The number of aromatic nitrogens is 2. The first kappa shape index (κ1) is 16.3. The average molecular weight is 306 g/mol. The third-order valence-electron chi connectivity index (χ3n) is 2.62. The Morgan fingerprint density at radius 1 is 1.28 bits per heavy atom. The van der Waals surface area contributed by atoms with Gasteiger partial charge in [0.25, 0.3) is 0 Å². The molecule has 0 aliphatic carbocycles. The zero-order chi connectivity index (χ0) is 13.6. The summed E-state index contributed by atoms with van der Waals surface area (Å²) in [6.07, 6.45) is 3.21. The summed E-state index contributed by atoms with van der Waals surface area (Å²) in [5.74, 6) is 1.05. The summed E-state index contributed by atoms with van der Waals surface area (Å²) in [7, 11) is 0. The lowest BCUT2D eigenvalue weighted by Crippen LogP contribution is -2.42. The van der Waals surface area contributed by atoms with Crippen molar-refractivity contribution < 1.29 is 0 Å². The van der Waals surface area contributed by atoms with Crippen LogP contribution in [-0.2, 0) is 0 Å². The van der Waals surface area contributed by atoms with Gasteiger partial charge in [-0.2, -0.15) is 0 Å². The maximum Gasteiger partial charge on any atom is 0.175 e. The van der Waals surface area contributed by atoms with Crippen molar-refractivity contribution in [1.82, 2.24) is 15.5 Å². The van der Waals surface area contributed by atoms with E-state index < -0.39 is 0 Å². The third-order valence-corrected chi connectivity index (χ3v) is 5.75. The number of nitrogens with one attached hydrogen (secondary N) is 1. The quantitative estimate of drug-likeness (QED) is 0.776. The molecule has 0 fully saturated rings. The number of thioether (sulfide) groups is 2. The van der Waals surface area contributed by atoms with Gasteiger partial charge in [-0.1, -0.05) is 62.6 Å². The van der Waals surface area contributed by atoms with Gasteiger partial charge in [-0.15, -0.1) is 10.2 Å². The van der Waals surface area contributed by atoms with Crippen LogP contribution >= 0.6 is 34.9 Å². The minimum Gasteiger partial charge on any atom is -0.313 e. The molecule has 1 aromatic heterocycles. The second-order valence-corrected chi connectivity index (χ2v) is 8.52. The Labute approximate surface area is 123 Å². The number of rotatable bonds is 7. The molecule has 1 heterocycles. The van der Waals surface area contributed by atoms with Gasteiger partial charge in [-0.05, 0) is 24.6 Å². The monoisotopic (exact) mass is 305 g/mol. The summed E-state index contributed by atoms with van der Waals surface area (Å²) in [5.41, 5.74) is 0.273. The third kappa shape index (κ3) is 5.47. The van der Waals surface area contributed by atoms with Crippen LogP contribution in [-0.4, -0.2) is 34.8 Å². The van der Waals surface area contributed by atoms with Crippen molar-refractivity contribution in [3.63, 3.8) is 0 Å². The highest BCUT2D eigenvalue weighted by Crippen LogP contribution is 2.30. The standard InChI is InChI=1S/C12H23N3S3/c1-6-7-13-9(12(2,3)4)8-17-11-15-14-10(16-5)18-11/h9,13H,6-8H2,1-5H3. The van der Waals surface area contributed by atoms with Crippen LogP contribution in [0, 0.1) is 5.41 Å². The van der Waals surface area contributed by atoms with E-state index in [-0.39, 0.29) is 5.41 Å². The molecule has 0 aliphatic heterocycles. The molecule has 6 heteroatoms. The normalized spacial score (nSPS) is 13.8. The van der Waals surface area contributed by atoms with E-state index in [4.69, 9.17) is 0 Å². The zero-order valence-corrected chi connectivity index (χ0v) is 14.3. The van der Waals surface area contributed by atoms with Crippen LogP contribution in [0.25, 0.3) is 0 Å². The number of nitrogens with zero attached hydrogens (tertiary/aromatic N) is 2. The van der Waals surface area contributed by atoms with E-state index in [1.807, 2.05) is 18.0 Å². The molecule has 1 aromatic rings. The highest BCUT2D eigenvalue weighted by atomic mass is 32.2. The topological polar surface area (TPSA) is 37.8 Å². The van der Waals surface area contributed by atoms with Crippen molar-refractivity contribution in [2.75, 3.05) is 18.6 Å². The first-order valence-electron chi connectivity index (χ1n) is 6.21. The summed E-state index contributed by atoms with van der Waals surface area (Å²) in [6.45, 7) is 10.1. The van der Waals surface area contributed by atoms with Gasteiger partial charge in [0.1, 0.15) is 0 Å². The molecule has 0 amide bonds. The van der Waals surface area contributed by atoms with Crippen LogP contribution < -0.4 is 5.32 Å². The Kier molecular flexibility index (Phi) is 6.98. The minimum atomic E-state index is 0.273. The van der Waals surface area contributed by atoms with Crippen LogP contribution in [0.5, 0.6) is 0 Å². The van der Waals surface area contributed by atoms with Crippen molar-refractivity contribution in [3.8, 4) is 0 Å². The van der Waals surface area contributed by atoms with Gasteiger partial charge in [0.05, 0.1) is 0 Å². The van der Waals surface area contributed by atoms with E-state index in [9.17, 15) is 0 Å². The fourth-order valence-corrected chi connectivity index (χ4v) is 4.29. The van der Waals surface area contributed by atoms with E-state index in [2.05, 4.69) is 43.2 Å². The Hall–Kier alpha value is 0.220. The molecule has 0 radical (unpaired) electrons. The molecule has 0 aromatic carbocycles. The van der Waals surface area contributed by atoms with Gasteiger partial charge in [-0.3, -0.25) is 0 Å². The maximum absolute atomic E-state index is 4.20. The van der Waals surface area contributed by atoms with Gasteiger partial charge >= 0.3 is 0 Å². The second-order valence-electron chi connectivity index (χ2n) is 5.22. The maximum atomic E-state index is 4.20. The van der Waals surface area contributed by atoms with Crippen molar-refractivity contribution >= 4 is 34.9 Å². The first-order valence-corrected chi connectivity index (χ1v) is 9.23. The molecular weight excluding hydrogens is 282 g/mol. The lowest BCUT2D eigenvalue weighted by atomic mass is 9.88. The van der Waals surface area contributed by atoms with Gasteiger partial charge in [0.15, 0.2) is 8.68 Å². The summed E-state index contributed by atoms with van der Waals surface area (Å²) < 4.78 is 2.12. The van der Waals surface area contributed by atoms with E-state index in [0.717, 1.165) is 21.0 Å². The first-order chi connectivity index (χ1) is 8.47. The minimum absolute atomic E-state index is 0.273. The van der Waals surface area contributed by atoms with Crippen LogP contribution in [0.4, 0.5) is 0 Å². The average Bonchev–Trinajstić information content (AvgIpc) is 2.75. The van der Waals surface area contributed by atoms with Crippen LogP contribution in [0.15, 0.2) is 8.68 Å². The molecule has 0 aliphatic rings. The van der Waals surface area contributed by atoms with E-state index in [1.165, 1.54) is 6.42 Å². The predicted octanol–water partition coefficient (Wildman–Crippen LogP) is 3.77. The molecule has 0 saturated carbocycles. The lowest BCUT2D eigenvalue weighted by Gasteiger charge is -2.31. The molecule has 0 bridgehead atoms. The van der Waals surface area contributed by atoms with Crippen LogP contribution in [0.3, 0.4) is 0 Å². The van der Waals surface area contributed by atoms with Crippen LogP contribution in [0.2, 0.25) is 0 Å². The Balaban J connectivity index is 2.50. The summed E-state index contributed by atoms with van der Waals surface area (Å²) in [6, 6.07) is 0.504. The highest BCUT2D eigenvalue weighted by molar-refractivity contribution is 8.03. The Bertz CT molecular complexity index is 347. The summed E-state index contributed by atoms with van der Waals surface area (Å²) in [5, 5.41) is 12.0. The van der Waals surface area contributed by atoms with Crippen LogP contribution in [0.1, 0.15) is 34.1 Å². The molecule has 1 atom stereocenters. The van der Waals surface area contributed by atoms with Gasteiger partial charge in [0, 0.05) is 11.8 Å². The van der Waals surface area contributed by atoms with E-state index in [0.29, 0.717) is 6.04 Å². The summed E-state index contributed by atoms with van der Waals surface area (Å²) >= 11 is 5.16.